The molecular weight excluding hydrogens is 286 g/mol. The van der Waals surface area contributed by atoms with Crippen molar-refractivity contribution in [3.8, 4) is 0 Å². The van der Waals surface area contributed by atoms with Crippen LogP contribution in [0.4, 0.5) is 11.5 Å². The van der Waals surface area contributed by atoms with Gasteiger partial charge in [0.05, 0.1) is 0 Å². The van der Waals surface area contributed by atoms with Gasteiger partial charge >= 0.3 is 0 Å². The second-order valence-corrected chi connectivity index (χ2v) is 5.23. The quantitative estimate of drug-likeness (QED) is 0.838. The molecule has 21 heavy (non-hydrogen) atoms. The Balaban J connectivity index is 2.21. The number of carbonyl (C=O) groups is 1. The fourth-order valence-electron chi connectivity index (χ4n) is 1.92. The van der Waals surface area contributed by atoms with Crippen LogP contribution in [0.2, 0.25) is 5.15 Å². The van der Waals surface area contributed by atoms with E-state index in [4.69, 9.17) is 11.6 Å². The first-order valence-corrected chi connectivity index (χ1v) is 7.17. The Bertz CT molecular complexity index is 671. The summed E-state index contributed by atoms with van der Waals surface area (Å²) in [6, 6.07) is 9.05. The Kier molecular flexibility index (Phi) is 4.81. The summed E-state index contributed by atoms with van der Waals surface area (Å²) in [4.78, 5) is 16.4. The van der Waals surface area contributed by atoms with Gasteiger partial charge in [-0.1, -0.05) is 17.7 Å². The number of rotatable bonds is 4. The molecule has 1 heterocycles. The SMILES string of the molecule is CCNc1cc(C(=O)Nc2ccc(C)c(C)c2)cc(Cl)n1. The average molecular weight is 304 g/mol. The first-order valence-electron chi connectivity index (χ1n) is 6.79. The van der Waals surface area contributed by atoms with Gasteiger partial charge in [-0.25, -0.2) is 4.98 Å². The lowest BCUT2D eigenvalue weighted by atomic mass is 10.1. The van der Waals surface area contributed by atoms with Gasteiger partial charge in [-0.15, -0.1) is 0 Å². The van der Waals surface area contributed by atoms with Crippen LogP contribution >= 0.6 is 11.6 Å². The lowest BCUT2D eigenvalue weighted by molar-refractivity contribution is 0.102. The molecule has 2 aromatic rings. The van der Waals surface area contributed by atoms with Crippen LogP contribution in [0, 0.1) is 13.8 Å². The van der Waals surface area contributed by atoms with Crippen molar-refractivity contribution in [2.75, 3.05) is 17.2 Å². The van der Waals surface area contributed by atoms with Crippen LogP contribution in [0.25, 0.3) is 0 Å². The summed E-state index contributed by atoms with van der Waals surface area (Å²) < 4.78 is 0. The molecule has 5 heteroatoms. The predicted molar refractivity (Wildman–Crippen MR) is 87.3 cm³/mol. The number of hydrogen-bond donors (Lipinski definition) is 2. The largest absolute Gasteiger partial charge is 0.370 e. The van der Waals surface area contributed by atoms with Gasteiger partial charge in [0.15, 0.2) is 0 Å². The van der Waals surface area contributed by atoms with E-state index in [0.29, 0.717) is 23.1 Å². The molecule has 0 bridgehead atoms. The molecule has 0 radical (unpaired) electrons. The van der Waals surface area contributed by atoms with Crippen LogP contribution in [0.5, 0.6) is 0 Å². The number of anilines is 2. The van der Waals surface area contributed by atoms with E-state index in [-0.39, 0.29) is 5.91 Å². The van der Waals surface area contributed by atoms with E-state index in [1.165, 1.54) is 5.56 Å². The van der Waals surface area contributed by atoms with Crippen molar-refractivity contribution >= 4 is 29.0 Å². The number of nitrogens with zero attached hydrogens (tertiary/aromatic N) is 1. The number of carbonyl (C=O) groups excluding carboxylic acids is 1. The molecule has 4 nitrogen and oxygen atoms in total. The third-order valence-electron chi connectivity index (χ3n) is 3.18. The molecule has 1 aromatic carbocycles. The number of nitrogens with one attached hydrogen (secondary N) is 2. The number of pyridine rings is 1. The van der Waals surface area contributed by atoms with Crippen molar-refractivity contribution in [3.05, 3.63) is 52.2 Å². The summed E-state index contributed by atoms with van der Waals surface area (Å²) in [6.45, 7) is 6.72. The minimum atomic E-state index is -0.207. The highest BCUT2D eigenvalue weighted by atomic mass is 35.5. The number of hydrogen-bond acceptors (Lipinski definition) is 3. The lowest BCUT2D eigenvalue weighted by Crippen LogP contribution is -2.13. The highest BCUT2D eigenvalue weighted by molar-refractivity contribution is 6.30. The predicted octanol–water partition coefficient (Wildman–Crippen LogP) is 4.04. The smallest absolute Gasteiger partial charge is 0.255 e. The molecule has 0 spiro atoms. The van der Waals surface area contributed by atoms with Crippen molar-refractivity contribution < 1.29 is 4.79 Å². The number of aryl methyl sites for hydroxylation is 2. The van der Waals surface area contributed by atoms with E-state index in [1.54, 1.807) is 12.1 Å². The fraction of sp³-hybridized carbons (Fsp3) is 0.250. The first-order chi connectivity index (χ1) is 9.99. The molecule has 0 saturated heterocycles. The zero-order valence-electron chi connectivity index (χ0n) is 12.3. The summed E-state index contributed by atoms with van der Waals surface area (Å²) in [5.41, 5.74) is 3.56. The number of amides is 1. The van der Waals surface area contributed by atoms with Gasteiger partial charge in [-0.05, 0) is 56.2 Å². The van der Waals surface area contributed by atoms with E-state index in [9.17, 15) is 4.79 Å². The number of aromatic nitrogens is 1. The van der Waals surface area contributed by atoms with Gasteiger partial charge < -0.3 is 10.6 Å². The second kappa shape index (κ2) is 6.59. The summed E-state index contributed by atoms with van der Waals surface area (Å²) in [7, 11) is 0. The zero-order chi connectivity index (χ0) is 15.4. The van der Waals surface area contributed by atoms with Crippen molar-refractivity contribution in [2.24, 2.45) is 0 Å². The van der Waals surface area contributed by atoms with Crippen molar-refractivity contribution in [2.45, 2.75) is 20.8 Å². The maximum Gasteiger partial charge on any atom is 0.255 e. The average Bonchev–Trinajstić information content (AvgIpc) is 2.42. The van der Waals surface area contributed by atoms with Crippen LogP contribution in [0.15, 0.2) is 30.3 Å². The molecule has 0 fully saturated rings. The molecule has 0 aliphatic carbocycles. The van der Waals surface area contributed by atoms with Gasteiger partial charge in [0.2, 0.25) is 0 Å². The van der Waals surface area contributed by atoms with Gasteiger partial charge in [0, 0.05) is 17.8 Å². The van der Waals surface area contributed by atoms with E-state index >= 15 is 0 Å². The molecular formula is C16H18ClN3O. The van der Waals surface area contributed by atoms with Crippen LogP contribution in [0.3, 0.4) is 0 Å². The van der Waals surface area contributed by atoms with Crippen molar-refractivity contribution in [3.63, 3.8) is 0 Å². The Morgan fingerprint density at radius 1 is 1.19 bits per heavy atom. The standard InChI is InChI=1S/C16H18ClN3O/c1-4-18-15-9-12(8-14(17)20-15)16(21)19-13-6-5-10(2)11(3)7-13/h5-9H,4H2,1-3H3,(H,18,20)(H,19,21). The summed E-state index contributed by atoms with van der Waals surface area (Å²) in [5.74, 6) is 0.386. The molecule has 1 aromatic heterocycles. The highest BCUT2D eigenvalue weighted by Crippen LogP contribution is 2.18. The van der Waals surface area contributed by atoms with Gasteiger partial charge in [-0.2, -0.15) is 0 Å². The minimum absolute atomic E-state index is 0.207. The van der Waals surface area contributed by atoms with Crippen LogP contribution in [-0.2, 0) is 0 Å². The topological polar surface area (TPSA) is 54.0 Å². The van der Waals surface area contributed by atoms with Crippen LogP contribution in [-0.4, -0.2) is 17.4 Å². The third-order valence-corrected chi connectivity index (χ3v) is 3.37. The van der Waals surface area contributed by atoms with Gasteiger partial charge in [-0.3, -0.25) is 4.79 Å². The molecule has 0 unspecified atom stereocenters. The Morgan fingerprint density at radius 3 is 2.62 bits per heavy atom. The molecule has 110 valence electrons. The van der Waals surface area contributed by atoms with Gasteiger partial charge in [0.1, 0.15) is 11.0 Å². The Morgan fingerprint density at radius 2 is 1.95 bits per heavy atom. The summed E-state index contributed by atoms with van der Waals surface area (Å²) >= 11 is 5.95. The Hall–Kier alpha value is -2.07. The highest BCUT2D eigenvalue weighted by Gasteiger charge is 2.10. The van der Waals surface area contributed by atoms with E-state index in [2.05, 4.69) is 15.6 Å². The molecule has 0 aliphatic rings. The monoisotopic (exact) mass is 303 g/mol. The molecule has 0 atom stereocenters. The molecule has 2 N–H and O–H groups in total. The van der Waals surface area contributed by atoms with Gasteiger partial charge in [0.25, 0.3) is 5.91 Å². The fourth-order valence-corrected chi connectivity index (χ4v) is 2.13. The second-order valence-electron chi connectivity index (χ2n) is 4.85. The van der Waals surface area contributed by atoms with E-state index < -0.39 is 0 Å². The van der Waals surface area contributed by atoms with Crippen LogP contribution in [0.1, 0.15) is 28.4 Å². The minimum Gasteiger partial charge on any atom is -0.370 e. The van der Waals surface area contributed by atoms with E-state index in [1.807, 2.05) is 39.0 Å². The van der Waals surface area contributed by atoms with Crippen LogP contribution < -0.4 is 10.6 Å². The van der Waals surface area contributed by atoms with Crippen molar-refractivity contribution in [1.29, 1.82) is 0 Å². The zero-order valence-corrected chi connectivity index (χ0v) is 13.1. The summed E-state index contributed by atoms with van der Waals surface area (Å²) in [6.07, 6.45) is 0. The lowest BCUT2D eigenvalue weighted by Gasteiger charge is -2.09. The molecule has 1 amide bonds. The number of halogens is 1. The maximum absolute atomic E-state index is 12.3. The molecule has 0 aliphatic heterocycles. The molecule has 2 rings (SSSR count). The Labute approximate surface area is 129 Å². The third kappa shape index (κ3) is 3.95. The number of benzene rings is 1. The maximum atomic E-state index is 12.3. The first kappa shape index (κ1) is 15.3. The normalized spacial score (nSPS) is 10.3. The molecule has 0 saturated carbocycles. The summed E-state index contributed by atoms with van der Waals surface area (Å²) in [5, 5.41) is 6.21. The van der Waals surface area contributed by atoms with Crippen molar-refractivity contribution in [1.82, 2.24) is 4.98 Å². The van der Waals surface area contributed by atoms with E-state index in [0.717, 1.165) is 11.3 Å².